The van der Waals surface area contributed by atoms with Gasteiger partial charge in [0.25, 0.3) is 0 Å². The first-order valence-corrected chi connectivity index (χ1v) is 6.28. The molecular formula is C16H12N4. The molecule has 0 saturated heterocycles. The van der Waals surface area contributed by atoms with Gasteiger partial charge in [0.05, 0.1) is 11.1 Å². The first-order chi connectivity index (χ1) is 9.70. The second kappa shape index (κ2) is 4.71. The van der Waals surface area contributed by atoms with Crippen LogP contribution in [-0.4, -0.2) is 15.0 Å². The Balaban J connectivity index is 2.39. The molecule has 0 atom stereocenters. The number of nitrogens with zero attached hydrogens (tertiary/aromatic N) is 4. The molecule has 3 rings (SSSR count). The minimum atomic E-state index is 0.537. The summed E-state index contributed by atoms with van der Waals surface area (Å²) >= 11 is 0. The Bertz CT molecular complexity index is 847. The van der Waals surface area contributed by atoms with Crippen LogP contribution in [0.1, 0.15) is 16.8 Å². The lowest BCUT2D eigenvalue weighted by Gasteiger charge is -2.09. The Hall–Kier alpha value is -2.80. The predicted molar refractivity (Wildman–Crippen MR) is 77.0 cm³/mol. The third kappa shape index (κ3) is 1.90. The first-order valence-electron chi connectivity index (χ1n) is 6.28. The van der Waals surface area contributed by atoms with E-state index in [2.05, 4.69) is 27.1 Å². The van der Waals surface area contributed by atoms with Gasteiger partial charge in [-0.05, 0) is 31.5 Å². The van der Waals surface area contributed by atoms with Crippen LogP contribution in [0.15, 0.2) is 36.8 Å². The van der Waals surface area contributed by atoms with Crippen molar-refractivity contribution in [1.29, 1.82) is 5.26 Å². The number of benzene rings is 1. The zero-order valence-electron chi connectivity index (χ0n) is 11.3. The normalized spacial score (nSPS) is 10.4. The molecule has 20 heavy (non-hydrogen) atoms. The van der Waals surface area contributed by atoms with Gasteiger partial charge < -0.3 is 0 Å². The minimum absolute atomic E-state index is 0.537. The second-order valence-electron chi connectivity index (χ2n) is 4.67. The smallest absolute Gasteiger partial charge is 0.107 e. The van der Waals surface area contributed by atoms with Crippen molar-refractivity contribution in [1.82, 2.24) is 15.0 Å². The fraction of sp³-hybridized carbons (Fsp3) is 0.125. The average Bonchev–Trinajstić information content (AvgIpc) is 2.49. The van der Waals surface area contributed by atoms with Crippen molar-refractivity contribution in [2.75, 3.05) is 0 Å². The van der Waals surface area contributed by atoms with Gasteiger partial charge in [-0.3, -0.25) is 15.0 Å². The summed E-state index contributed by atoms with van der Waals surface area (Å²) in [5.41, 5.74) is 5.92. The first kappa shape index (κ1) is 12.2. The number of aryl methyl sites for hydroxylation is 2. The lowest BCUT2D eigenvalue weighted by Crippen LogP contribution is -1.94. The zero-order valence-corrected chi connectivity index (χ0v) is 11.3. The number of fused-ring (bicyclic) bond motifs is 1. The largest absolute Gasteiger partial charge is 0.261 e. The number of aromatic nitrogens is 3. The van der Waals surface area contributed by atoms with Crippen LogP contribution in [0.4, 0.5) is 0 Å². The lowest BCUT2D eigenvalue weighted by molar-refractivity contribution is 1.17. The molecule has 0 unspecified atom stereocenters. The molecule has 0 aliphatic heterocycles. The van der Waals surface area contributed by atoms with Gasteiger partial charge >= 0.3 is 0 Å². The lowest BCUT2D eigenvalue weighted by atomic mass is 9.99. The van der Waals surface area contributed by atoms with E-state index in [4.69, 9.17) is 5.26 Å². The molecule has 0 fully saturated rings. The highest BCUT2D eigenvalue weighted by Crippen LogP contribution is 2.30. The maximum atomic E-state index is 9.17. The van der Waals surface area contributed by atoms with Crippen molar-refractivity contribution >= 4 is 11.0 Å². The van der Waals surface area contributed by atoms with Gasteiger partial charge in [0.15, 0.2) is 0 Å². The van der Waals surface area contributed by atoms with E-state index in [9.17, 15) is 0 Å². The van der Waals surface area contributed by atoms with E-state index in [1.165, 1.54) is 0 Å². The van der Waals surface area contributed by atoms with Crippen LogP contribution in [0, 0.1) is 25.2 Å². The standard InChI is InChI=1S/C16H12N4/c1-10-7-14(11(2)20-9-10)13-4-3-12(8-17)15-16(13)19-6-5-18-15/h3-7,9H,1-2H3. The molecule has 0 saturated carbocycles. The molecule has 2 heterocycles. The molecule has 0 bridgehead atoms. The molecule has 4 nitrogen and oxygen atoms in total. The third-order valence-electron chi connectivity index (χ3n) is 3.26. The maximum Gasteiger partial charge on any atom is 0.107 e. The Morgan fingerprint density at radius 1 is 0.950 bits per heavy atom. The molecule has 1 aromatic carbocycles. The molecule has 0 radical (unpaired) electrons. The average molecular weight is 260 g/mol. The number of hydrogen-bond acceptors (Lipinski definition) is 4. The summed E-state index contributed by atoms with van der Waals surface area (Å²) in [7, 11) is 0. The Morgan fingerprint density at radius 3 is 2.45 bits per heavy atom. The van der Waals surface area contributed by atoms with Crippen LogP contribution in [0.2, 0.25) is 0 Å². The summed E-state index contributed by atoms with van der Waals surface area (Å²) in [6.45, 7) is 3.97. The SMILES string of the molecule is Cc1cnc(C)c(-c2ccc(C#N)c3nccnc23)c1. The van der Waals surface area contributed by atoms with Crippen LogP contribution >= 0.6 is 0 Å². The fourth-order valence-electron chi connectivity index (χ4n) is 2.27. The van der Waals surface area contributed by atoms with E-state index in [0.717, 1.165) is 27.9 Å². The van der Waals surface area contributed by atoms with Gasteiger partial charge in [0.2, 0.25) is 0 Å². The van der Waals surface area contributed by atoms with Crippen LogP contribution in [0.5, 0.6) is 0 Å². The van der Waals surface area contributed by atoms with Crippen molar-refractivity contribution in [3.05, 3.63) is 53.6 Å². The van der Waals surface area contributed by atoms with Crippen LogP contribution < -0.4 is 0 Å². The van der Waals surface area contributed by atoms with Gasteiger partial charge in [-0.1, -0.05) is 6.07 Å². The van der Waals surface area contributed by atoms with Crippen molar-refractivity contribution < 1.29 is 0 Å². The minimum Gasteiger partial charge on any atom is -0.261 e. The van der Waals surface area contributed by atoms with E-state index in [0.29, 0.717) is 11.1 Å². The van der Waals surface area contributed by atoms with Crippen molar-refractivity contribution in [3.63, 3.8) is 0 Å². The summed E-state index contributed by atoms with van der Waals surface area (Å²) in [6, 6.07) is 7.94. The topological polar surface area (TPSA) is 62.5 Å². The molecule has 0 N–H and O–H groups in total. The predicted octanol–water partition coefficient (Wildman–Crippen LogP) is 3.18. The Morgan fingerprint density at radius 2 is 1.70 bits per heavy atom. The van der Waals surface area contributed by atoms with Crippen molar-refractivity contribution in [2.24, 2.45) is 0 Å². The highest BCUT2D eigenvalue weighted by molar-refractivity contribution is 5.94. The number of rotatable bonds is 1. The Kier molecular flexibility index (Phi) is 2.88. The van der Waals surface area contributed by atoms with Crippen LogP contribution in [0.3, 0.4) is 0 Å². The zero-order chi connectivity index (χ0) is 14.1. The summed E-state index contributed by atoms with van der Waals surface area (Å²) in [4.78, 5) is 13.1. The summed E-state index contributed by atoms with van der Waals surface area (Å²) in [5, 5.41) is 9.17. The molecule has 2 aromatic heterocycles. The van der Waals surface area contributed by atoms with Crippen LogP contribution in [-0.2, 0) is 0 Å². The molecule has 3 aromatic rings. The van der Waals surface area contributed by atoms with Gasteiger partial charge in [-0.25, -0.2) is 0 Å². The summed E-state index contributed by atoms with van der Waals surface area (Å²) < 4.78 is 0. The van der Waals surface area contributed by atoms with Gasteiger partial charge in [0, 0.05) is 35.4 Å². The highest BCUT2D eigenvalue weighted by Gasteiger charge is 2.12. The quantitative estimate of drug-likeness (QED) is 0.674. The second-order valence-corrected chi connectivity index (χ2v) is 4.67. The van der Waals surface area contributed by atoms with Gasteiger partial charge in [-0.2, -0.15) is 5.26 Å². The molecule has 96 valence electrons. The molecule has 0 spiro atoms. The monoisotopic (exact) mass is 260 g/mol. The molecule has 0 amide bonds. The molecule has 0 aliphatic carbocycles. The van der Waals surface area contributed by atoms with Crippen molar-refractivity contribution in [2.45, 2.75) is 13.8 Å². The molecular weight excluding hydrogens is 248 g/mol. The number of pyridine rings is 1. The number of hydrogen-bond donors (Lipinski definition) is 0. The van der Waals surface area contributed by atoms with E-state index in [1.54, 1.807) is 18.5 Å². The van der Waals surface area contributed by atoms with E-state index >= 15 is 0 Å². The van der Waals surface area contributed by atoms with Crippen molar-refractivity contribution in [3.8, 4) is 17.2 Å². The van der Waals surface area contributed by atoms with Crippen LogP contribution in [0.25, 0.3) is 22.2 Å². The molecule has 0 aliphatic rings. The van der Waals surface area contributed by atoms with E-state index in [1.807, 2.05) is 26.1 Å². The van der Waals surface area contributed by atoms with Gasteiger partial charge in [0.1, 0.15) is 11.6 Å². The fourth-order valence-corrected chi connectivity index (χ4v) is 2.27. The Labute approximate surface area is 116 Å². The summed E-state index contributed by atoms with van der Waals surface area (Å²) in [5.74, 6) is 0. The third-order valence-corrected chi connectivity index (χ3v) is 3.26. The molecule has 4 heteroatoms. The maximum absolute atomic E-state index is 9.17. The van der Waals surface area contributed by atoms with E-state index < -0.39 is 0 Å². The number of nitriles is 1. The van der Waals surface area contributed by atoms with E-state index in [-0.39, 0.29) is 0 Å². The van der Waals surface area contributed by atoms with Gasteiger partial charge in [-0.15, -0.1) is 0 Å². The highest BCUT2D eigenvalue weighted by atomic mass is 14.8. The summed E-state index contributed by atoms with van der Waals surface area (Å²) in [6.07, 6.45) is 5.09.